The minimum Gasteiger partial charge on any atom is -0.379 e. The van der Waals surface area contributed by atoms with E-state index in [-0.39, 0.29) is 5.28 Å². The molecule has 0 spiro atoms. The molecule has 0 saturated carbocycles. The van der Waals surface area contributed by atoms with Gasteiger partial charge in [-0.2, -0.15) is 15.1 Å². The third kappa shape index (κ3) is 3.18. The highest BCUT2D eigenvalue weighted by Gasteiger charge is 2.07. The van der Waals surface area contributed by atoms with Gasteiger partial charge >= 0.3 is 0 Å². The van der Waals surface area contributed by atoms with E-state index in [1.807, 2.05) is 6.08 Å². The molecule has 0 amide bonds. The van der Waals surface area contributed by atoms with Crippen LogP contribution in [0.4, 0.5) is 5.82 Å². The van der Waals surface area contributed by atoms with Crippen molar-refractivity contribution in [2.75, 3.05) is 25.1 Å². The summed E-state index contributed by atoms with van der Waals surface area (Å²) in [6.07, 6.45) is 4.34. The zero-order valence-corrected chi connectivity index (χ0v) is 10.6. The molecule has 2 heterocycles. The van der Waals surface area contributed by atoms with Crippen LogP contribution >= 0.6 is 11.6 Å². The summed E-state index contributed by atoms with van der Waals surface area (Å²) in [6.45, 7) is 5.54. The average molecular weight is 268 g/mol. The van der Waals surface area contributed by atoms with Gasteiger partial charge in [0.15, 0.2) is 5.65 Å². The van der Waals surface area contributed by atoms with Crippen molar-refractivity contribution in [1.29, 1.82) is 0 Å². The zero-order chi connectivity index (χ0) is 12.8. The Morgan fingerprint density at radius 2 is 2.33 bits per heavy atom. The maximum atomic E-state index is 5.81. The first-order valence-corrected chi connectivity index (χ1v) is 5.98. The molecule has 0 aromatic carbocycles. The second kappa shape index (κ2) is 6.32. The lowest BCUT2D eigenvalue weighted by Gasteiger charge is -2.07. The number of halogens is 1. The van der Waals surface area contributed by atoms with Gasteiger partial charge in [-0.25, -0.2) is 0 Å². The standard InChI is InChI=1S/C11H14ClN5O/c1-2-3-5-18-6-4-13-9-8-7-14-17-10(8)16-11(12)15-9/h2,7H,1,3-6H2,(H2,13,14,15,16,17). The van der Waals surface area contributed by atoms with Crippen LogP contribution in [0.1, 0.15) is 6.42 Å². The van der Waals surface area contributed by atoms with Gasteiger partial charge in [-0.3, -0.25) is 5.10 Å². The SMILES string of the molecule is C=CCCOCCNc1nc(Cl)nc2[nH]ncc12. The summed E-state index contributed by atoms with van der Waals surface area (Å²) in [4.78, 5) is 8.14. The second-order valence-electron chi connectivity index (χ2n) is 3.59. The molecule has 2 rings (SSSR count). The number of nitrogens with one attached hydrogen (secondary N) is 2. The van der Waals surface area contributed by atoms with E-state index in [0.29, 0.717) is 31.2 Å². The highest BCUT2D eigenvalue weighted by Crippen LogP contribution is 2.19. The predicted octanol–water partition coefficient (Wildman–Crippen LogP) is 2.01. The lowest BCUT2D eigenvalue weighted by Crippen LogP contribution is -2.11. The number of rotatable bonds is 7. The molecule has 7 heteroatoms. The minimum absolute atomic E-state index is 0.182. The summed E-state index contributed by atoms with van der Waals surface area (Å²) >= 11 is 5.81. The van der Waals surface area contributed by atoms with Gasteiger partial charge in [0.1, 0.15) is 5.82 Å². The minimum atomic E-state index is 0.182. The van der Waals surface area contributed by atoms with Crippen LogP contribution in [0.3, 0.4) is 0 Å². The highest BCUT2D eigenvalue weighted by molar-refractivity contribution is 6.28. The summed E-state index contributed by atoms with van der Waals surface area (Å²) in [5.41, 5.74) is 0.616. The first kappa shape index (κ1) is 12.8. The van der Waals surface area contributed by atoms with Crippen molar-refractivity contribution in [1.82, 2.24) is 20.2 Å². The molecular weight excluding hydrogens is 254 g/mol. The summed E-state index contributed by atoms with van der Waals surface area (Å²) in [7, 11) is 0. The number of ether oxygens (including phenoxy) is 1. The molecule has 0 fully saturated rings. The molecule has 0 radical (unpaired) electrons. The second-order valence-corrected chi connectivity index (χ2v) is 3.93. The van der Waals surface area contributed by atoms with Crippen molar-refractivity contribution < 1.29 is 4.74 Å². The predicted molar refractivity (Wildman–Crippen MR) is 70.8 cm³/mol. The van der Waals surface area contributed by atoms with E-state index < -0.39 is 0 Å². The Hall–Kier alpha value is -1.66. The van der Waals surface area contributed by atoms with Crippen molar-refractivity contribution >= 4 is 28.5 Å². The molecule has 2 aromatic rings. The number of H-pyrrole nitrogens is 1. The quantitative estimate of drug-likeness (QED) is 0.456. The third-order valence-electron chi connectivity index (χ3n) is 2.29. The molecule has 0 aliphatic rings. The summed E-state index contributed by atoms with van der Waals surface area (Å²) < 4.78 is 5.39. The maximum Gasteiger partial charge on any atom is 0.226 e. The number of anilines is 1. The van der Waals surface area contributed by atoms with Gasteiger partial charge in [-0.1, -0.05) is 6.08 Å². The van der Waals surface area contributed by atoms with E-state index >= 15 is 0 Å². The van der Waals surface area contributed by atoms with Crippen LogP contribution in [0, 0.1) is 0 Å². The summed E-state index contributed by atoms with van der Waals surface area (Å²) in [5.74, 6) is 0.658. The third-order valence-corrected chi connectivity index (χ3v) is 2.46. The van der Waals surface area contributed by atoms with Crippen LogP contribution in [-0.2, 0) is 4.74 Å². The molecule has 0 aliphatic heterocycles. The number of fused-ring (bicyclic) bond motifs is 1. The van der Waals surface area contributed by atoms with E-state index in [4.69, 9.17) is 16.3 Å². The van der Waals surface area contributed by atoms with Crippen LogP contribution in [0.2, 0.25) is 5.28 Å². The van der Waals surface area contributed by atoms with Crippen LogP contribution in [0.15, 0.2) is 18.9 Å². The zero-order valence-electron chi connectivity index (χ0n) is 9.82. The molecule has 0 saturated heterocycles. The molecule has 0 aliphatic carbocycles. The van der Waals surface area contributed by atoms with Crippen molar-refractivity contribution in [3.05, 3.63) is 24.1 Å². The Balaban J connectivity index is 1.90. The van der Waals surface area contributed by atoms with E-state index in [1.165, 1.54) is 0 Å². The van der Waals surface area contributed by atoms with E-state index in [2.05, 4.69) is 32.1 Å². The van der Waals surface area contributed by atoms with E-state index in [0.717, 1.165) is 11.8 Å². The smallest absolute Gasteiger partial charge is 0.226 e. The highest BCUT2D eigenvalue weighted by atomic mass is 35.5. The molecule has 0 unspecified atom stereocenters. The van der Waals surface area contributed by atoms with Gasteiger partial charge in [-0.05, 0) is 18.0 Å². The van der Waals surface area contributed by atoms with Gasteiger partial charge in [0.05, 0.1) is 24.8 Å². The molecule has 0 atom stereocenters. The molecule has 2 aromatic heterocycles. The van der Waals surface area contributed by atoms with Gasteiger partial charge < -0.3 is 10.1 Å². The number of aromatic nitrogens is 4. The van der Waals surface area contributed by atoms with Crippen molar-refractivity contribution in [3.8, 4) is 0 Å². The molecule has 0 bridgehead atoms. The molecule has 2 N–H and O–H groups in total. The topological polar surface area (TPSA) is 75.7 Å². The number of aromatic amines is 1. The average Bonchev–Trinajstić information content (AvgIpc) is 2.81. The van der Waals surface area contributed by atoms with E-state index in [9.17, 15) is 0 Å². The number of hydrogen-bond donors (Lipinski definition) is 2. The summed E-state index contributed by atoms with van der Waals surface area (Å²) in [6, 6.07) is 0. The van der Waals surface area contributed by atoms with Crippen molar-refractivity contribution in [2.24, 2.45) is 0 Å². The normalized spacial score (nSPS) is 10.7. The fourth-order valence-electron chi connectivity index (χ4n) is 1.45. The first-order valence-electron chi connectivity index (χ1n) is 5.60. The summed E-state index contributed by atoms with van der Waals surface area (Å²) in [5, 5.41) is 10.8. The molecular formula is C11H14ClN5O. The van der Waals surface area contributed by atoms with Gasteiger partial charge in [0.2, 0.25) is 5.28 Å². The first-order chi connectivity index (χ1) is 8.81. The Labute approximate surface area is 109 Å². The Morgan fingerprint density at radius 1 is 1.44 bits per heavy atom. The van der Waals surface area contributed by atoms with Crippen LogP contribution in [-0.4, -0.2) is 39.9 Å². The van der Waals surface area contributed by atoms with Gasteiger partial charge in [0, 0.05) is 6.54 Å². The lowest BCUT2D eigenvalue weighted by atomic mass is 10.4. The monoisotopic (exact) mass is 267 g/mol. The van der Waals surface area contributed by atoms with Crippen LogP contribution in [0.5, 0.6) is 0 Å². The Kier molecular flexibility index (Phi) is 4.49. The lowest BCUT2D eigenvalue weighted by molar-refractivity contribution is 0.149. The molecule has 18 heavy (non-hydrogen) atoms. The Bertz CT molecular complexity index is 527. The fourth-order valence-corrected chi connectivity index (χ4v) is 1.62. The number of nitrogens with zero attached hydrogens (tertiary/aromatic N) is 3. The van der Waals surface area contributed by atoms with Crippen molar-refractivity contribution in [2.45, 2.75) is 6.42 Å². The number of hydrogen-bond acceptors (Lipinski definition) is 5. The van der Waals surface area contributed by atoms with E-state index in [1.54, 1.807) is 6.20 Å². The van der Waals surface area contributed by atoms with Gasteiger partial charge in [0.25, 0.3) is 0 Å². The van der Waals surface area contributed by atoms with Crippen molar-refractivity contribution in [3.63, 3.8) is 0 Å². The maximum absolute atomic E-state index is 5.81. The molecule has 6 nitrogen and oxygen atoms in total. The van der Waals surface area contributed by atoms with Crippen LogP contribution in [0.25, 0.3) is 11.0 Å². The fraction of sp³-hybridized carbons (Fsp3) is 0.364. The van der Waals surface area contributed by atoms with Gasteiger partial charge in [-0.15, -0.1) is 6.58 Å². The largest absolute Gasteiger partial charge is 0.379 e. The molecule has 96 valence electrons. The van der Waals surface area contributed by atoms with Crippen LogP contribution < -0.4 is 5.32 Å². The Morgan fingerprint density at radius 3 is 3.17 bits per heavy atom.